The second-order valence-corrected chi connectivity index (χ2v) is 3.47. The van der Waals surface area contributed by atoms with Crippen LogP contribution in [0.25, 0.3) is 11.3 Å². The van der Waals surface area contributed by atoms with E-state index in [0.29, 0.717) is 0 Å². The van der Waals surface area contributed by atoms with Crippen LogP contribution in [0.4, 0.5) is 5.82 Å². The second kappa shape index (κ2) is 4.70. The lowest BCUT2D eigenvalue weighted by molar-refractivity contribution is 1.12. The van der Waals surface area contributed by atoms with Gasteiger partial charge in [0.05, 0.1) is 0 Å². The van der Waals surface area contributed by atoms with Gasteiger partial charge in [-0.1, -0.05) is 0 Å². The van der Waals surface area contributed by atoms with Gasteiger partial charge in [0.25, 0.3) is 0 Å². The summed E-state index contributed by atoms with van der Waals surface area (Å²) in [5, 5.41) is 3.21. The Hall–Kier alpha value is -1.97. The summed E-state index contributed by atoms with van der Waals surface area (Å²) in [5.41, 5.74) is 3.05. The van der Waals surface area contributed by atoms with E-state index in [0.717, 1.165) is 29.2 Å². The van der Waals surface area contributed by atoms with Crippen molar-refractivity contribution in [1.82, 2.24) is 15.0 Å². The fraction of sp³-hybridized carbons (Fsp3) is 0.250. The number of rotatable bonds is 3. The third kappa shape index (κ3) is 2.00. The van der Waals surface area contributed by atoms with Crippen LogP contribution >= 0.6 is 0 Å². The van der Waals surface area contributed by atoms with Gasteiger partial charge in [0.15, 0.2) is 5.82 Å². The number of pyridine rings is 1. The van der Waals surface area contributed by atoms with Crippen molar-refractivity contribution >= 4 is 5.82 Å². The Balaban J connectivity index is 2.51. The topological polar surface area (TPSA) is 50.7 Å². The standard InChI is InChI=1S/C12H14N4/c1-3-14-12-11(15-6-7-16-12)10-4-5-13-8-9(10)2/h4-8H,3H2,1-2H3,(H,14,16). The lowest BCUT2D eigenvalue weighted by Gasteiger charge is -2.09. The van der Waals surface area contributed by atoms with Crippen molar-refractivity contribution in [3.05, 3.63) is 36.4 Å². The van der Waals surface area contributed by atoms with E-state index in [-0.39, 0.29) is 0 Å². The van der Waals surface area contributed by atoms with Crippen LogP contribution in [-0.2, 0) is 0 Å². The minimum atomic E-state index is 0.819. The van der Waals surface area contributed by atoms with Crippen LogP contribution in [0.15, 0.2) is 30.9 Å². The van der Waals surface area contributed by atoms with Gasteiger partial charge in [-0.25, -0.2) is 4.98 Å². The summed E-state index contributed by atoms with van der Waals surface area (Å²) in [7, 11) is 0. The molecule has 0 radical (unpaired) electrons. The van der Waals surface area contributed by atoms with Gasteiger partial charge in [0.1, 0.15) is 5.69 Å². The van der Waals surface area contributed by atoms with Crippen LogP contribution in [0.1, 0.15) is 12.5 Å². The maximum atomic E-state index is 4.38. The molecule has 4 nitrogen and oxygen atoms in total. The summed E-state index contributed by atoms with van der Waals surface area (Å²) in [6.07, 6.45) is 7.00. The third-order valence-electron chi connectivity index (χ3n) is 2.32. The van der Waals surface area contributed by atoms with Gasteiger partial charge < -0.3 is 5.32 Å². The van der Waals surface area contributed by atoms with Gasteiger partial charge in [-0.15, -0.1) is 0 Å². The average Bonchev–Trinajstić information content (AvgIpc) is 2.31. The Bertz CT molecular complexity index is 482. The van der Waals surface area contributed by atoms with Crippen molar-refractivity contribution in [2.75, 3.05) is 11.9 Å². The highest BCUT2D eigenvalue weighted by Crippen LogP contribution is 2.25. The molecule has 0 saturated carbocycles. The van der Waals surface area contributed by atoms with Gasteiger partial charge in [0.2, 0.25) is 0 Å². The molecule has 0 spiro atoms. The SMILES string of the molecule is CCNc1nccnc1-c1ccncc1C. The number of hydrogen-bond acceptors (Lipinski definition) is 4. The molecule has 2 rings (SSSR count). The predicted octanol–water partition coefficient (Wildman–Crippen LogP) is 2.28. The normalized spacial score (nSPS) is 10.1. The number of anilines is 1. The maximum absolute atomic E-state index is 4.38. The van der Waals surface area contributed by atoms with Gasteiger partial charge in [-0.05, 0) is 25.5 Å². The van der Waals surface area contributed by atoms with Crippen LogP contribution in [0.2, 0.25) is 0 Å². The molecular formula is C12H14N4. The van der Waals surface area contributed by atoms with Crippen LogP contribution in [0.3, 0.4) is 0 Å². The molecule has 0 bridgehead atoms. The second-order valence-electron chi connectivity index (χ2n) is 3.47. The first kappa shape index (κ1) is 10.5. The molecule has 2 aromatic rings. The molecular weight excluding hydrogens is 200 g/mol. The molecule has 2 heterocycles. The van der Waals surface area contributed by atoms with Crippen molar-refractivity contribution in [2.45, 2.75) is 13.8 Å². The lowest BCUT2D eigenvalue weighted by atomic mass is 10.1. The van der Waals surface area contributed by atoms with E-state index in [1.165, 1.54) is 0 Å². The minimum Gasteiger partial charge on any atom is -0.369 e. The quantitative estimate of drug-likeness (QED) is 0.851. The summed E-state index contributed by atoms with van der Waals surface area (Å²) in [4.78, 5) is 12.7. The molecule has 4 heteroatoms. The van der Waals surface area contributed by atoms with E-state index in [1.807, 2.05) is 26.1 Å². The molecule has 0 amide bonds. The van der Waals surface area contributed by atoms with Crippen molar-refractivity contribution in [3.63, 3.8) is 0 Å². The fourth-order valence-corrected chi connectivity index (χ4v) is 1.57. The van der Waals surface area contributed by atoms with Gasteiger partial charge in [-0.2, -0.15) is 0 Å². The summed E-state index contributed by atoms with van der Waals surface area (Å²) < 4.78 is 0. The molecule has 2 aromatic heterocycles. The first-order chi connectivity index (χ1) is 7.83. The van der Waals surface area contributed by atoms with E-state index < -0.39 is 0 Å². The Labute approximate surface area is 94.8 Å². The fourth-order valence-electron chi connectivity index (χ4n) is 1.57. The largest absolute Gasteiger partial charge is 0.369 e. The summed E-state index contributed by atoms with van der Waals surface area (Å²) in [6.45, 7) is 4.89. The third-order valence-corrected chi connectivity index (χ3v) is 2.32. The molecule has 0 aromatic carbocycles. The number of nitrogens with one attached hydrogen (secondary N) is 1. The van der Waals surface area contributed by atoms with Crippen molar-refractivity contribution in [1.29, 1.82) is 0 Å². The Morgan fingerprint density at radius 3 is 2.75 bits per heavy atom. The Morgan fingerprint density at radius 2 is 2.00 bits per heavy atom. The zero-order valence-corrected chi connectivity index (χ0v) is 9.44. The predicted molar refractivity (Wildman–Crippen MR) is 64.2 cm³/mol. The van der Waals surface area contributed by atoms with Crippen LogP contribution in [-0.4, -0.2) is 21.5 Å². The van der Waals surface area contributed by atoms with E-state index in [2.05, 4.69) is 20.3 Å². The van der Waals surface area contributed by atoms with Crippen LogP contribution < -0.4 is 5.32 Å². The molecule has 16 heavy (non-hydrogen) atoms. The van der Waals surface area contributed by atoms with Crippen molar-refractivity contribution in [2.24, 2.45) is 0 Å². The molecule has 82 valence electrons. The summed E-state index contributed by atoms with van der Waals surface area (Å²) >= 11 is 0. The van der Waals surface area contributed by atoms with E-state index in [9.17, 15) is 0 Å². The summed E-state index contributed by atoms with van der Waals surface area (Å²) in [6, 6.07) is 1.96. The Morgan fingerprint density at radius 1 is 1.19 bits per heavy atom. The number of nitrogens with zero attached hydrogens (tertiary/aromatic N) is 3. The molecule has 0 aliphatic rings. The van der Waals surface area contributed by atoms with Crippen molar-refractivity contribution < 1.29 is 0 Å². The minimum absolute atomic E-state index is 0.819. The first-order valence-corrected chi connectivity index (χ1v) is 5.28. The highest BCUT2D eigenvalue weighted by atomic mass is 15.0. The van der Waals surface area contributed by atoms with Gasteiger partial charge in [0, 0.05) is 36.9 Å². The highest BCUT2D eigenvalue weighted by Gasteiger charge is 2.08. The monoisotopic (exact) mass is 214 g/mol. The van der Waals surface area contributed by atoms with Gasteiger partial charge in [-0.3, -0.25) is 9.97 Å². The molecule has 0 atom stereocenters. The summed E-state index contributed by atoms with van der Waals surface area (Å²) in [5.74, 6) is 0.819. The number of aryl methyl sites for hydroxylation is 1. The zero-order chi connectivity index (χ0) is 11.4. The van der Waals surface area contributed by atoms with Crippen LogP contribution in [0.5, 0.6) is 0 Å². The van der Waals surface area contributed by atoms with E-state index >= 15 is 0 Å². The molecule has 1 N–H and O–H groups in total. The Kier molecular flexibility index (Phi) is 3.10. The first-order valence-electron chi connectivity index (χ1n) is 5.28. The molecule has 0 aliphatic carbocycles. The lowest BCUT2D eigenvalue weighted by Crippen LogP contribution is -2.03. The smallest absolute Gasteiger partial charge is 0.152 e. The van der Waals surface area contributed by atoms with Crippen molar-refractivity contribution in [3.8, 4) is 11.3 Å². The van der Waals surface area contributed by atoms with E-state index in [4.69, 9.17) is 0 Å². The van der Waals surface area contributed by atoms with E-state index in [1.54, 1.807) is 18.6 Å². The zero-order valence-electron chi connectivity index (χ0n) is 9.44. The van der Waals surface area contributed by atoms with Crippen LogP contribution in [0, 0.1) is 6.92 Å². The maximum Gasteiger partial charge on any atom is 0.152 e. The molecule has 0 saturated heterocycles. The molecule has 0 fully saturated rings. The van der Waals surface area contributed by atoms with Gasteiger partial charge >= 0.3 is 0 Å². The average molecular weight is 214 g/mol. The number of aromatic nitrogens is 3. The molecule has 0 aliphatic heterocycles. The molecule has 0 unspecified atom stereocenters. The number of hydrogen-bond donors (Lipinski definition) is 1. The highest BCUT2D eigenvalue weighted by molar-refractivity contribution is 5.73.